The molecule has 3 atom stereocenters. The van der Waals surface area contributed by atoms with E-state index in [1.54, 1.807) is 18.4 Å². The first-order chi connectivity index (χ1) is 13.8. The minimum absolute atomic E-state index is 0.0112. The van der Waals surface area contributed by atoms with Crippen LogP contribution in [0.5, 0.6) is 0 Å². The minimum atomic E-state index is -0.0112. The molecule has 3 heteroatoms. The number of allylic oxidation sites excluding steroid dienone is 3. The van der Waals surface area contributed by atoms with E-state index in [4.69, 9.17) is 4.42 Å². The average molecular weight is 367 g/mol. The Balaban J connectivity index is 1.46. The Kier molecular flexibility index (Phi) is 4.21. The number of rotatable bonds is 4. The van der Waals surface area contributed by atoms with Crippen molar-refractivity contribution in [2.75, 3.05) is 5.32 Å². The predicted molar refractivity (Wildman–Crippen MR) is 111 cm³/mol. The van der Waals surface area contributed by atoms with Gasteiger partial charge in [0.2, 0.25) is 0 Å². The summed E-state index contributed by atoms with van der Waals surface area (Å²) in [6, 6.07) is 20.5. The van der Waals surface area contributed by atoms with Crippen LogP contribution in [0, 0.1) is 5.92 Å². The summed E-state index contributed by atoms with van der Waals surface area (Å²) in [5.41, 5.74) is 4.35. The van der Waals surface area contributed by atoms with Crippen molar-refractivity contribution in [1.29, 1.82) is 0 Å². The molecule has 1 aliphatic heterocycles. The van der Waals surface area contributed by atoms with Crippen molar-refractivity contribution in [1.82, 2.24) is 0 Å². The number of carbonyl (C=O) groups excluding carboxylic acids is 1. The quantitative estimate of drug-likeness (QED) is 0.349. The van der Waals surface area contributed by atoms with Gasteiger partial charge in [-0.2, -0.15) is 0 Å². The van der Waals surface area contributed by atoms with E-state index in [0.717, 1.165) is 12.1 Å². The van der Waals surface area contributed by atoms with E-state index in [2.05, 4.69) is 47.8 Å². The van der Waals surface area contributed by atoms with Gasteiger partial charge in [0.05, 0.1) is 12.3 Å². The van der Waals surface area contributed by atoms with Crippen LogP contribution in [0.4, 0.5) is 5.69 Å². The Morgan fingerprint density at radius 2 is 1.96 bits per heavy atom. The van der Waals surface area contributed by atoms with E-state index in [9.17, 15) is 4.79 Å². The molecule has 0 unspecified atom stereocenters. The third-order valence-electron chi connectivity index (χ3n) is 5.75. The second-order valence-corrected chi connectivity index (χ2v) is 7.40. The second-order valence-electron chi connectivity index (χ2n) is 7.40. The van der Waals surface area contributed by atoms with Gasteiger partial charge in [0.1, 0.15) is 5.76 Å². The van der Waals surface area contributed by atoms with Gasteiger partial charge < -0.3 is 9.73 Å². The van der Waals surface area contributed by atoms with Crippen LogP contribution in [-0.2, 0) is 0 Å². The first-order valence-corrected chi connectivity index (χ1v) is 9.67. The Bertz CT molecular complexity index is 1050. The highest BCUT2D eigenvalue weighted by Crippen LogP contribution is 2.49. The Morgan fingerprint density at radius 1 is 1.07 bits per heavy atom. The van der Waals surface area contributed by atoms with Crippen molar-refractivity contribution in [3.63, 3.8) is 0 Å². The number of anilines is 1. The fourth-order valence-corrected chi connectivity index (χ4v) is 4.38. The van der Waals surface area contributed by atoms with E-state index in [1.165, 1.54) is 11.1 Å². The smallest absolute Gasteiger partial charge is 0.185 e. The molecule has 3 nitrogen and oxygen atoms in total. The van der Waals surface area contributed by atoms with E-state index in [-0.39, 0.29) is 11.8 Å². The number of nitrogens with one attached hydrogen (secondary N) is 1. The van der Waals surface area contributed by atoms with Gasteiger partial charge in [0.15, 0.2) is 5.78 Å². The zero-order valence-electron chi connectivity index (χ0n) is 15.4. The van der Waals surface area contributed by atoms with Crippen molar-refractivity contribution in [2.45, 2.75) is 18.4 Å². The first kappa shape index (κ1) is 16.8. The van der Waals surface area contributed by atoms with Gasteiger partial charge in [-0.25, -0.2) is 0 Å². The molecule has 1 N–H and O–H groups in total. The lowest BCUT2D eigenvalue weighted by Gasteiger charge is -2.37. The maximum atomic E-state index is 12.6. The van der Waals surface area contributed by atoms with E-state index in [0.29, 0.717) is 23.2 Å². The largest absolute Gasteiger partial charge is 0.465 e. The summed E-state index contributed by atoms with van der Waals surface area (Å²) in [7, 11) is 0. The average Bonchev–Trinajstić information content (AvgIpc) is 3.44. The van der Waals surface area contributed by atoms with Crippen LogP contribution in [0.1, 0.15) is 45.6 Å². The Morgan fingerprint density at radius 3 is 2.79 bits per heavy atom. The lowest BCUT2D eigenvalue weighted by molar-refractivity contribution is 0.104. The van der Waals surface area contributed by atoms with Crippen molar-refractivity contribution in [2.24, 2.45) is 5.92 Å². The molecular formula is C25H21NO2. The van der Waals surface area contributed by atoms with Crippen molar-refractivity contribution < 1.29 is 9.21 Å². The van der Waals surface area contributed by atoms with Crippen LogP contribution in [0.25, 0.3) is 6.08 Å². The Hall–Kier alpha value is -3.33. The molecule has 0 amide bonds. The Labute approximate surface area is 164 Å². The topological polar surface area (TPSA) is 42.2 Å². The van der Waals surface area contributed by atoms with Gasteiger partial charge in [-0.05, 0) is 65.9 Å². The number of hydrogen-bond donors (Lipinski definition) is 1. The number of furan rings is 1. The van der Waals surface area contributed by atoms with Crippen LogP contribution in [0.3, 0.4) is 0 Å². The van der Waals surface area contributed by atoms with Crippen LogP contribution < -0.4 is 5.32 Å². The zero-order valence-corrected chi connectivity index (χ0v) is 15.4. The molecule has 1 aliphatic carbocycles. The van der Waals surface area contributed by atoms with Crippen LogP contribution in [0.2, 0.25) is 0 Å². The number of ketones is 1. The lowest BCUT2D eigenvalue weighted by Crippen LogP contribution is -2.29. The van der Waals surface area contributed by atoms with Gasteiger partial charge in [0.25, 0.3) is 0 Å². The van der Waals surface area contributed by atoms with Gasteiger partial charge >= 0.3 is 0 Å². The van der Waals surface area contributed by atoms with Crippen LogP contribution >= 0.6 is 0 Å². The van der Waals surface area contributed by atoms with E-state index < -0.39 is 0 Å². The van der Waals surface area contributed by atoms with Gasteiger partial charge in [-0.1, -0.05) is 42.5 Å². The third-order valence-corrected chi connectivity index (χ3v) is 5.75. The van der Waals surface area contributed by atoms with Crippen molar-refractivity contribution in [3.05, 3.63) is 108 Å². The summed E-state index contributed by atoms with van der Waals surface area (Å²) in [6.45, 7) is 0. The summed E-state index contributed by atoms with van der Waals surface area (Å²) >= 11 is 0. The van der Waals surface area contributed by atoms with Crippen LogP contribution in [0.15, 0.2) is 89.6 Å². The highest BCUT2D eigenvalue weighted by molar-refractivity contribution is 6.07. The highest BCUT2D eigenvalue weighted by Gasteiger charge is 2.37. The highest BCUT2D eigenvalue weighted by atomic mass is 16.3. The molecule has 0 bridgehead atoms. The molecule has 0 saturated carbocycles. The van der Waals surface area contributed by atoms with E-state index >= 15 is 0 Å². The van der Waals surface area contributed by atoms with Gasteiger partial charge in [-0.3, -0.25) is 4.79 Å². The number of benzene rings is 2. The van der Waals surface area contributed by atoms with Crippen molar-refractivity contribution in [3.8, 4) is 0 Å². The number of carbonyl (C=O) groups is 1. The first-order valence-electron chi connectivity index (χ1n) is 9.67. The molecular weight excluding hydrogens is 346 g/mol. The summed E-state index contributed by atoms with van der Waals surface area (Å²) < 4.78 is 5.26. The molecule has 138 valence electrons. The van der Waals surface area contributed by atoms with E-state index in [1.807, 2.05) is 30.3 Å². The molecule has 2 aromatic carbocycles. The second kappa shape index (κ2) is 7.01. The molecule has 1 aromatic heterocycles. The van der Waals surface area contributed by atoms with Gasteiger partial charge in [0, 0.05) is 17.2 Å². The maximum Gasteiger partial charge on any atom is 0.185 e. The van der Waals surface area contributed by atoms with Crippen molar-refractivity contribution >= 4 is 17.5 Å². The maximum absolute atomic E-state index is 12.6. The zero-order chi connectivity index (χ0) is 18.9. The van der Waals surface area contributed by atoms with Gasteiger partial charge in [-0.15, -0.1) is 0 Å². The molecule has 0 spiro atoms. The number of fused-ring (bicyclic) bond motifs is 3. The standard InChI is InChI=1S/C25H21NO2/c27-24(14-12-19-8-5-15-28-19)18-11-13-23-22(16-18)20-9-4-10-21(20)25(26-23)17-6-2-1-3-7-17/h1-9,11-16,20-21,25-26H,10H2/b14-12+/t20-,21+,25+/m0/s1. The summed E-state index contributed by atoms with van der Waals surface area (Å²) in [4.78, 5) is 12.6. The number of hydrogen-bond acceptors (Lipinski definition) is 3. The fraction of sp³-hybridized carbons (Fsp3) is 0.160. The molecule has 3 aromatic rings. The monoisotopic (exact) mass is 367 g/mol. The molecule has 0 radical (unpaired) electrons. The predicted octanol–water partition coefficient (Wildman–Crippen LogP) is 6.00. The molecule has 28 heavy (non-hydrogen) atoms. The minimum Gasteiger partial charge on any atom is -0.465 e. The molecule has 2 heterocycles. The molecule has 2 aliphatic rings. The normalized spacial score (nSPS) is 22.6. The lowest BCUT2D eigenvalue weighted by atomic mass is 9.76. The summed E-state index contributed by atoms with van der Waals surface area (Å²) in [5.74, 6) is 1.47. The molecule has 0 saturated heterocycles. The molecule has 0 fully saturated rings. The fourth-order valence-electron chi connectivity index (χ4n) is 4.38. The summed E-state index contributed by atoms with van der Waals surface area (Å²) in [6.07, 6.45) is 10.5. The molecule has 5 rings (SSSR count). The third kappa shape index (κ3) is 2.99. The van der Waals surface area contributed by atoms with Crippen LogP contribution in [-0.4, -0.2) is 5.78 Å². The SMILES string of the molecule is O=C(/C=C/c1ccco1)c1ccc2c(c1)[C@H]1C=CC[C@H]1[C@@H](c1ccccc1)N2. The summed E-state index contributed by atoms with van der Waals surface area (Å²) in [5, 5.41) is 3.72.